The lowest BCUT2D eigenvalue weighted by Crippen LogP contribution is -2.12. The Hall–Kier alpha value is -2.20. The van der Waals surface area contributed by atoms with Crippen LogP contribution in [0, 0.1) is 6.92 Å². The SMILES string of the molecule is Cc1ccc(SCc2cc(=O)n(-c3ccccc3)[nH]2)cc1. The Labute approximate surface area is 127 Å². The zero-order valence-corrected chi connectivity index (χ0v) is 12.6. The van der Waals surface area contributed by atoms with E-state index in [4.69, 9.17) is 0 Å². The minimum atomic E-state index is -0.0271. The van der Waals surface area contributed by atoms with Gasteiger partial charge in [-0.15, -0.1) is 11.8 Å². The van der Waals surface area contributed by atoms with E-state index in [-0.39, 0.29) is 5.56 Å². The van der Waals surface area contributed by atoms with Gasteiger partial charge in [0.2, 0.25) is 0 Å². The molecule has 0 aliphatic carbocycles. The third-order valence-electron chi connectivity index (χ3n) is 3.20. The van der Waals surface area contributed by atoms with Crippen LogP contribution in [0.1, 0.15) is 11.3 Å². The molecular formula is C17H16N2OS. The van der Waals surface area contributed by atoms with Gasteiger partial charge >= 0.3 is 0 Å². The molecule has 0 spiro atoms. The van der Waals surface area contributed by atoms with Gasteiger partial charge in [0.1, 0.15) is 0 Å². The van der Waals surface area contributed by atoms with Crippen molar-refractivity contribution < 1.29 is 0 Å². The second-order valence-electron chi connectivity index (χ2n) is 4.89. The number of rotatable bonds is 4. The van der Waals surface area contributed by atoms with E-state index in [0.29, 0.717) is 0 Å². The van der Waals surface area contributed by atoms with E-state index in [0.717, 1.165) is 17.1 Å². The summed E-state index contributed by atoms with van der Waals surface area (Å²) < 4.78 is 1.57. The summed E-state index contributed by atoms with van der Waals surface area (Å²) in [5.74, 6) is 0.748. The van der Waals surface area contributed by atoms with E-state index in [9.17, 15) is 4.79 Å². The normalized spacial score (nSPS) is 10.7. The second kappa shape index (κ2) is 6.06. The number of H-pyrrole nitrogens is 1. The van der Waals surface area contributed by atoms with Gasteiger partial charge in [-0.3, -0.25) is 9.89 Å². The van der Waals surface area contributed by atoms with E-state index >= 15 is 0 Å². The summed E-state index contributed by atoms with van der Waals surface area (Å²) in [5.41, 5.74) is 3.01. The Morgan fingerprint density at radius 1 is 1.05 bits per heavy atom. The highest BCUT2D eigenvalue weighted by atomic mass is 32.2. The lowest BCUT2D eigenvalue weighted by molar-refractivity contribution is 0.833. The van der Waals surface area contributed by atoms with E-state index in [2.05, 4.69) is 36.3 Å². The van der Waals surface area contributed by atoms with Gasteiger partial charge in [-0.05, 0) is 31.2 Å². The molecule has 0 aliphatic rings. The van der Waals surface area contributed by atoms with Gasteiger partial charge in [0.25, 0.3) is 5.56 Å². The molecule has 1 heterocycles. The average molecular weight is 296 g/mol. The molecule has 0 unspecified atom stereocenters. The largest absolute Gasteiger partial charge is 0.294 e. The summed E-state index contributed by atoms with van der Waals surface area (Å²) in [6, 6.07) is 19.7. The summed E-state index contributed by atoms with van der Waals surface area (Å²) in [6.07, 6.45) is 0. The average Bonchev–Trinajstić information content (AvgIpc) is 2.89. The number of para-hydroxylation sites is 1. The molecular weight excluding hydrogens is 280 g/mol. The van der Waals surface area contributed by atoms with Crippen LogP contribution in [-0.4, -0.2) is 9.78 Å². The third kappa shape index (κ3) is 3.28. The zero-order valence-electron chi connectivity index (χ0n) is 11.7. The summed E-state index contributed by atoms with van der Waals surface area (Å²) in [7, 11) is 0. The lowest BCUT2D eigenvalue weighted by atomic mass is 10.2. The molecule has 0 saturated carbocycles. The third-order valence-corrected chi connectivity index (χ3v) is 4.26. The monoisotopic (exact) mass is 296 g/mol. The van der Waals surface area contributed by atoms with Gasteiger partial charge in [0.05, 0.1) is 5.69 Å². The molecule has 3 aromatic rings. The van der Waals surface area contributed by atoms with E-state index in [1.54, 1.807) is 22.5 Å². The van der Waals surface area contributed by atoms with Crippen molar-refractivity contribution in [3.05, 3.63) is 82.3 Å². The van der Waals surface area contributed by atoms with Gasteiger partial charge in [0.15, 0.2) is 0 Å². The summed E-state index contributed by atoms with van der Waals surface area (Å²) in [6.45, 7) is 2.08. The maximum Gasteiger partial charge on any atom is 0.271 e. The fourth-order valence-corrected chi connectivity index (χ4v) is 2.88. The molecule has 2 aromatic carbocycles. The highest BCUT2D eigenvalue weighted by molar-refractivity contribution is 7.98. The number of aromatic amines is 1. The van der Waals surface area contributed by atoms with Gasteiger partial charge < -0.3 is 0 Å². The molecule has 0 fully saturated rings. The molecule has 3 nitrogen and oxygen atoms in total. The predicted octanol–water partition coefficient (Wildman–Crippen LogP) is 3.77. The van der Waals surface area contributed by atoms with E-state index in [1.807, 2.05) is 30.3 Å². The van der Waals surface area contributed by atoms with Crippen LogP contribution in [-0.2, 0) is 5.75 Å². The summed E-state index contributed by atoms with van der Waals surface area (Å²) in [4.78, 5) is 13.2. The zero-order chi connectivity index (χ0) is 14.7. The fraction of sp³-hybridized carbons (Fsp3) is 0.118. The Morgan fingerprint density at radius 2 is 1.76 bits per heavy atom. The van der Waals surface area contributed by atoms with Crippen LogP contribution in [0.15, 0.2) is 70.4 Å². The highest BCUT2D eigenvalue weighted by Crippen LogP contribution is 2.21. The van der Waals surface area contributed by atoms with Crippen LogP contribution in [0.2, 0.25) is 0 Å². The first-order valence-corrected chi connectivity index (χ1v) is 7.77. The second-order valence-corrected chi connectivity index (χ2v) is 5.94. The summed E-state index contributed by atoms with van der Waals surface area (Å²) >= 11 is 1.72. The predicted molar refractivity (Wildman–Crippen MR) is 87.1 cm³/mol. The number of aromatic nitrogens is 2. The first-order valence-electron chi connectivity index (χ1n) is 6.78. The van der Waals surface area contributed by atoms with Crippen LogP contribution < -0.4 is 5.56 Å². The molecule has 0 radical (unpaired) electrons. The first kappa shape index (κ1) is 13.8. The molecule has 1 aromatic heterocycles. The maximum absolute atomic E-state index is 12.0. The standard InChI is InChI=1S/C17H16N2OS/c1-13-7-9-16(10-8-13)21-12-14-11-17(20)19(18-14)15-5-3-2-4-6-15/h2-11,18H,12H2,1H3. The lowest BCUT2D eigenvalue weighted by Gasteiger charge is -2.02. The van der Waals surface area contributed by atoms with E-state index < -0.39 is 0 Å². The minimum Gasteiger partial charge on any atom is -0.294 e. The Kier molecular flexibility index (Phi) is 3.97. The smallest absolute Gasteiger partial charge is 0.271 e. The molecule has 0 atom stereocenters. The van der Waals surface area contributed by atoms with Crippen LogP contribution in [0.4, 0.5) is 0 Å². The van der Waals surface area contributed by atoms with Crippen LogP contribution in [0.3, 0.4) is 0 Å². The van der Waals surface area contributed by atoms with Crippen molar-refractivity contribution in [2.24, 2.45) is 0 Å². The highest BCUT2D eigenvalue weighted by Gasteiger charge is 2.05. The molecule has 0 aliphatic heterocycles. The van der Waals surface area contributed by atoms with Crippen molar-refractivity contribution in [1.29, 1.82) is 0 Å². The maximum atomic E-state index is 12.0. The topological polar surface area (TPSA) is 37.8 Å². The molecule has 0 saturated heterocycles. The Balaban J connectivity index is 1.76. The van der Waals surface area contributed by atoms with Crippen LogP contribution >= 0.6 is 11.8 Å². The minimum absolute atomic E-state index is 0.0271. The van der Waals surface area contributed by atoms with Crippen molar-refractivity contribution in [3.8, 4) is 5.69 Å². The molecule has 3 rings (SSSR count). The molecule has 0 amide bonds. The molecule has 106 valence electrons. The number of nitrogens with one attached hydrogen (secondary N) is 1. The molecule has 21 heavy (non-hydrogen) atoms. The number of benzene rings is 2. The fourth-order valence-electron chi connectivity index (χ4n) is 2.08. The van der Waals surface area contributed by atoms with Crippen LogP contribution in [0.5, 0.6) is 0 Å². The Morgan fingerprint density at radius 3 is 2.48 bits per heavy atom. The van der Waals surface area contributed by atoms with Crippen molar-refractivity contribution in [2.75, 3.05) is 0 Å². The molecule has 4 heteroatoms. The number of hydrogen-bond acceptors (Lipinski definition) is 2. The van der Waals surface area contributed by atoms with Crippen molar-refractivity contribution in [2.45, 2.75) is 17.6 Å². The van der Waals surface area contributed by atoms with E-state index in [1.165, 1.54) is 10.5 Å². The van der Waals surface area contributed by atoms with Crippen molar-refractivity contribution in [1.82, 2.24) is 9.78 Å². The van der Waals surface area contributed by atoms with Gasteiger partial charge in [0, 0.05) is 22.4 Å². The summed E-state index contributed by atoms with van der Waals surface area (Å²) in [5, 5.41) is 3.16. The van der Waals surface area contributed by atoms with Crippen molar-refractivity contribution in [3.63, 3.8) is 0 Å². The van der Waals surface area contributed by atoms with Gasteiger partial charge in [-0.2, -0.15) is 0 Å². The quantitative estimate of drug-likeness (QED) is 0.744. The van der Waals surface area contributed by atoms with Crippen LogP contribution in [0.25, 0.3) is 5.69 Å². The van der Waals surface area contributed by atoms with Crippen molar-refractivity contribution >= 4 is 11.8 Å². The Bertz CT molecular complexity index is 773. The number of aryl methyl sites for hydroxylation is 1. The molecule has 1 N–H and O–H groups in total. The first-order chi connectivity index (χ1) is 10.2. The van der Waals surface area contributed by atoms with Gasteiger partial charge in [-0.1, -0.05) is 35.9 Å². The van der Waals surface area contributed by atoms with Gasteiger partial charge in [-0.25, -0.2) is 4.68 Å². The number of nitrogens with zero attached hydrogens (tertiary/aromatic N) is 1. The number of hydrogen-bond donors (Lipinski definition) is 1. The molecule has 0 bridgehead atoms. The number of thioether (sulfide) groups is 1.